The number of rotatable bonds is 6. The highest BCUT2D eigenvalue weighted by Gasteiger charge is 2.32. The van der Waals surface area contributed by atoms with Gasteiger partial charge in [-0.25, -0.2) is 0 Å². The van der Waals surface area contributed by atoms with Crippen LogP contribution in [0, 0.1) is 13.8 Å². The number of nitrogens with one attached hydrogen (secondary N) is 1. The first-order valence-electron chi connectivity index (χ1n) is 10.9. The molecule has 3 heterocycles. The Kier molecular flexibility index (Phi) is 5.95. The van der Waals surface area contributed by atoms with Gasteiger partial charge in [0.1, 0.15) is 17.1 Å². The molecule has 1 atom stereocenters. The average molecular weight is 439 g/mol. The van der Waals surface area contributed by atoms with E-state index in [4.69, 9.17) is 9.47 Å². The number of ether oxygens (including phenoxy) is 2. The molecule has 1 aromatic carbocycles. The number of amides is 1. The van der Waals surface area contributed by atoms with E-state index in [0.29, 0.717) is 24.2 Å². The molecule has 1 aliphatic rings. The zero-order valence-corrected chi connectivity index (χ0v) is 19.3. The van der Waals surface area contributed by atoms with Crippen LogP contribution in [0.25, 0.3) is 11.0 Å². The monoisotopic (exact) mass is 438 g/mol. The number of hydrogen-bond donors (Lipinski definition) is 1. The standard InChI is InChI=1S/C24H30N4O4/c1-14-17(24(30)25-23-22(14)15(2)26-27(23)3)9-11-21(29)28-12-6-7-19(28)18-13-16(31-4)8-10-20(18)32-5/h8,10,13,19H,6-7,9,11-12H2,1-5H3,(H,25,30). The van der Waals surface area contributed by atoms with Crippen LogP contribution in [-0.2, 0) is 18.3 Å². The third kappa shape index (κ3) is 3.74. The van der Waals surface area contributed by atoms with Crippen LogP contribution < -0.4 is 15.0 Å². The largest absolute Gasteiger partial charge is 0.497 e. The van der Waals surface area contributed by atoms with Crippen LogP contribution in [0.2, 0.25) is 0 Å². The SMILES string of the molecule is COc1ccc(OC)c(C2CCCN2C(=O)CCc2c(C)c3c(C)nn(C)c3[nH]c2=O)c1. The summed E-state index contributed by atoms with van der Waals surface area (Å²) in [6.07, 6.45) is 2.47. The fourth-order valence-corrected chi connectivity index (χ4v) is 4.92. The molecule has 4 rings (SSSR count). The van der Waals surface area contributed by atoms with Crippen molar-refractivity contribution in [2.45, 2.75) is 45.6 Å². The van der Waals surface area contributed by atoms with Gasteiger partial charge < -0.3 is 19.4 Å². The number of benzene rings is 1. The van der Waals surface area contributed by atoms with Crippen molar-refractivity contribution in [3.05, 3.63) is 50.9 Å². The van der Waals surface area contributed by atoms with Gasteiger partial charge in [-0.15, -0.1) is 0 Å². The zero-order chi connectivity index (χ0) is 23.0. The molecule has 8 heteroatoms. The Bertz CT molecular complexity index is 1230. The van der Waals surface area contributed by atoms with Crippen LogP contribution in [0.15, 0.2) is 23.0 Å². The van der Waals surface area contributed by atoms with E-state index in [1.54, 1.807) is 18.9 Å². The van der Waals surface area contributed by atoms with Gasteiger partial charge in [0.2, 0.25) is 5.91 Å². The average Bonchev–Trinajstić information content (AvgIpc) is 3.37. The van der Waals surface area contributed by atoms with Crippen molar-refractivity contribution in [1.82, 2.24) is 19.7 Å². The maximum absolute atomic E-state index is 13.2. The van der Waals surface area contributed by atoms with E-state index in [2.05, 4.69) is 10.1 Å². The molecule has 1 N–H and O–H groups in total. The normalized spacial score (nSPS) is 16.0. The summed E-state index contributed by atoms with van der Waals surface area (Å²) in [7, 11) is 5.08. The number of aromatic amines is 1. The van der Waals surface area contributed by atoms with Gasteiger partial charge in [-0.3, -0.25) is 14.3 Å². The quantitative estimate of drug-likeness (QED) is 0.638. The minimum absolute atomic E-state index is 0.0409. The number of aryl methyl sites for hydroxylation is 3. The summed E-state index contributed by atoms with van der Waals surface area (Å²) in [5.41, 5.74) is 3.93. The number of nitrogens with zero attached hydrogens (tertiary/aromatic N) is 3. The Hall–Kier alpha value is -3.29. The molecule has 32 heavy (non-hydrogen) atoms. The Morgan fingerprint density at radius 2 is 2.03 bits per heavy atom. The molecule has 8 nitrogen and oxygen atoms in total. The van der Waals surface area contributed by atoms with Gasteiger partial charge in [0.15, 0.2) is 0 Å². The van der Waals surface area contributed by atoms with Gasteiger partial charge in [-0.2, -0.15) is 5.10 Å². The van der Waals surface area contributed by atoms with Crippen LogP contribution >= 0.6 is 0 Å². The smallest absolute Gasteiger partial charge is 0.253 e. The second-order valence-electron chi connectivity index (χ2n) is 8.34. The zero-order valence-electron chi connectivity index (χ0n) is 19.3. The summed E-state index contributed by atoms with van der Waals surface area (Å²) in [5, 5.41) is 5.37. The number of fused-ring (bicyclic) bond motifs is 1. The molecule has 170 valence electrons. The second-order valence-corrected chi connectivity index (χ2v) is 8.34. The van der Waals surface area contributed by atoms with Gasteiger partial charge in [0.25, 0.3) is 5.56 Å². The molecule has 3 aromatic rings. The first-order valence-corrected chi connectivity index (χ1v) is 10.9. The summed E-state index contributed by atoms with van der Waals surface area (Å²) in [6, 6.07) is 5.62. The number of carbonyl (C=O) groups excluding carboxylic acids is 1. The fraction of sp³-hybridized carbons (Fsp3) is 0.458. The Morgan fingerprint density at radius 3 is 2.75 bits per heavy atom. The second kappa shape index (κ2) is 8.68. The van der Waals surface area contributed by atoms with E-state index in [1.807, 2.05) is 44.0 Å². The number of methoxy groups -OCH3 is 2. The number of carbonyl (C=O) groups is 1. The number of pyridine rings is 1. The minimum Gasteiger partial charge on any atom is -0.497 e. The lowest BCUT2D eigenvalue weighted by atomic mass is 10.0. The number of likely N-dealkylation sites (tertiary alicyclic amines) is 1. The van der Waals surface area contributed by atoms with E-state index in [-0.39, 0.29) is 23.9 Å². The van der Waals surface area contributed by atoms with Crippen LogP contribution in [0.3, 0.4) is 0 Å². The van der Waals surface area contributed by atoms with Crippen LogP contribution in [0.5, 0.6) is 11.5 Å². The van der Waals surface area contributed by atoms with E-state index in [0.717, 1.165) is 46.5 Å². The molecule has 0 aliphatic carbocycles. The van der Waals surface area contributed by atoms with Gasteiger partial charge >= 0.3 is 0 Å². The van der Waals surface area contributed by atoms with Gasteiger partial charge in [-0.1, -0.05) is 0 Å². The van der Waals surface area contributed by atoms with E-state index >= 15 is 0 Å². The molecular weight excluding hydrogens is 408 g/mol. The molecule has 0 spiro atoms. The molecular formula is C24H30N4O4. The summed E-state index contributed by atoms with van der Waals surface area (Å²) in [4.78, 5) is 30.8. The molecule has 1 aliphatic heterocycles. The maximum atomic E-state index is 13.2. The van der Waals surface area contributed by atoms with Crippen molar-refractivity contribution in [2.75, 3.05) is 20.8 Å². The number of aromatic nitrogens is 3. The molecule has 0 radical (unpaired) electrons. The molecule has 0 saturated carbocycles. The van der Waals surface area contributed by atoms with Crippen molar-refractivity contribution < 1.29 is 14.3 Å². The van der Waals surface area contributed by atoms with E-state index < -0.39 is 0 Å². The van der Waals surface area contributed by atoms with Crippen LogP contribution in [0.1, 0.15) is 47.7 Å². The topological polar surface area (TPSA) is 89.4 Å². The third-order valence-electron chi connectivity index (χ3n) is 6.51. The maximum Gasteiger partial charge on any atom is 0.253 e. The lowest BCUT2D eigenvalue weighted by Gasteiger charge is -2.27. The summed E-state index contributed by atoms with van der Waals surface area (Å²) in [6.45, 7) is 4.56. The lowest BCUT2D eigenvalue weighted by Crippen LogP contribution is -2.31. The van der Waals surface area contributed by atoms with Crippen LogP contribution in [-0.4, -0.2) is 46.3 Å². The molecule has 1 unspecified atom stereocenters. The van der Waals surface area contributed by atoms with Gasteiger partial charge in [0.05, 0.1) is 26.0 Å². The summed E-state index contributed by atoms with van der Waals surface area (Å²) >= 11 is 0. The van der Waals surface area contributed by atoms with Crippen molar-refractivity contribution >= 4 is 16.9 Å². The first kappa shape index (κ1) is 21.9. The molecule has 1 saturated heterocycles. The van der Waals surface area contributed by atoms with Crippen LogP contribution in [0.4, 0.5) is 0 Å². The summed E-state index contributed by atoms with van der Waals surface area (Å²) < 4.78 is 12.6. The Labute approximate surface area is 187 Å². The fourth-order valence-electron chi connectivity index (χ4n) is 4.92. The minimum atomic E-state index is -0.154. The lowest BCUT2D eigenvalue weighted by molar-refractivity contribution is -0.132. The Balaban J connectivity index is 1.57. The van der Waals surface area contributed by atoms with Crippen molar-refractivity contribution in [1.29, 1.82) is 0 Å². The molecule has 0 bridgehead atoms. The highest BCUT2D eigenvalue weighted by Crippen LogP contribution is 2.39. The third-order valence-corrected chi connectivity index (χ3v) is 6.51. The summed E-state index contributed by atoms with van der Waals surface area (Å²) in [5.74, 6) is 1.53. The highest BCUT2D eigenvalue weighted by molar-refractivity contribution is 5.83. The van der Waals surface area contributed by atoms with Crippen molar-refractivity contribution in [3.8, 4) is 11.5 Å². The number of hydrogen-bond acceptors (Lipinski definition) is 5. The van der Waals surface area contributed by atoms with Crippen molar-refractivity contribution in [2.24, 2.45) is 7.05 Å². The predicted octanol–water partition coefficient (Wildman–Crippen LogP) is 3.19. The number of H-pyrrole nitrogens is 1. The predicted molar refractivity (Wildman–Crippen MR) is 122 cm³/mol. The van der Waals surface area contributed by atoms with Gasteiger partial charge in [-0.05, 0) is 56.9 Å². The molecule has 1 fully saturated rings. The first-order chi connectivity index (χ1) is 15.3. The van der Waals surface area contributed by atoms with E-state index in [9.17, 15) is 9.59 Å². The highest BCUT2D eigenvalue weighted by atomic mass is 16.5. The Morgan fingerprint density at radius 1 is 1.25 bits per heavy atom. The molecule has 2 aromatic heterocycles. The van der Waals surface area contributed by atoms with Crippen molar-refractivity contribution in [3.63, 3.8) is 0 Å². The van der Waals surface area contributed by atoms with E-state index in [1.165, 1.54) is 0 Å². The van der Waals surface area contributed by atoms with Gasteiger partial charge in [0, 0.05) is 36.5 Å². The molecule has 1 amide bonds.